The first-order valence-electron chi connectivity index (χ1n) is 7.31. The maximum atomic E-state index is 14.1. The van der Waals surface area contributed by atoms with Crippen LogP contribution in [0.3, 0.4) is 0 Å². The summed E-state index contributed by atoms with van der Waals surface area (Å²) in [4.78, 5) is 0. The van der Waals surface area contributed by atoms with Crippen LogP contribution in [0.4, 0.5) is 14.6 Å². The summed E-state index contributed by atoms with van der Waals surface area (Å²) in [5.41, 5.74) is 7.61. The van der Waals surface area contributed by atoms with Crippen molar-refractivity contribution >= 4 is 5.82 Å². The van der Waals surface area contributed by atoms with Crippen LogP contribution in [0.15, 0.2) is 18.2 Å². The zero-order valence-corrected chi connectivity index (χ0v) is 12.0. The van der Waals surface area contributed by atoms with Crippen LogP contribution in [0.5, 0.6) is 0 Å². The summed E-state index contributed by atoms with van der Waals surface area (Å²) < 4.78 is 27.3. The monoisotopic (exact) mass is 291 g/mol. The number of nitrogens with two attached hydrogens (primary N) is 1. The number of benzene rings is 1. The van der Waals surface area contributed by atoms with E-state index >= 15 is 0 Å². The Hall–Kier alpha value is -1.91. The lowest BCUT2D eigenvalue weighted by Gasteiger charge is -2.33. The van der Waals surface area contributed by atoms with E-state index in [2.05, 4.69) is 17.1 Å². The number of rotatable bonds is 2. The van der Waals surface area contributed by atoms with Gasteiger partial charge in [-0.05, 0) is 25.0 Å². The third kappa shape index (κ3) is 2.41. The molecule has 1 aromatic carbocycles. The second-order valence-electron chi connectivity index (χ2n) is 6.10. The van der Waals surface area contributed by atoms with Crippen LogP contribution in [0.2, 0.25) is 0 Å². The highest BCUT2D eigenvalue weighted by Crippen LogP contribution is 2.44. The molecule has 1 aliphatic carbocycles. The molecule has 3 nitrogen and oxygen atoms in total. The maximum absolute atomic E-state index is 14.1. The van der Waals surface area contributed by atoms with E-state index in [-0.39, 0.29) is 11.2 Å². The molecule has 0 atom stereocenters. The van der Waals surface area contributed by atoms with Crippen LogP contribution in [-0.2, 0) is 5.41 Å². The largest absolute Gasteiger partial charge is 0.382 e. The number of hydrogen-bond acceptors (Lipinski definition) is 2. The molecule has 0 spiro atoms. The Labute approximate surface area is 122 Å². The Balaban J connectivity index is 2.13. The summed E-state index contributed by atoms with van der Waals surface area (Å²) in [7, 11) is 0. The van der Waals surface area contributed by atoms with Gasteiger partial charge in [0.15, 0.2) is 5.82 Å². The predicted molar refractivity (Wildman–Crippen MR) is 78.8 cm³/mol. The van der Waals surface area contributed by atoms with Gasteiger partial charge in [-0.1, -0.05) is 26.2 Å². The van der Waals surface area contributed by atoms with Gasteiger partial charge in [-0.25, -0.2) is 8.78 Å². The van der Waals surface area contributed by atoms with Crippen molar-refractivity contribution in [2.75, 3.05) is 5.73 Å². The highest BCUT2D eigenvalue weighted by atomic mass is 19.1. The molecule has 1 aromatic heterocycles. The van der Waals surface area contributed by atoms with Gasteiger partial charge >= 0.3 is 0 Å². The van der Waals surface area contributed by atoms with Crippen molar-refractivity contribution in [3.63, 3.8) is 0 Å². The first kappa shape index (κ1) is 14.0. The van der Waals surface area contributed by atoms with E-state index in [0.29, 0.717) is 11.1 Å². The maximum Gasteiger partial charge on any atom is 0.153 e. The Bertz CT molecular complexity index is 658. The smallest absolute Gasteiger partial charge is 0.153 e. The zero-order chi connectivity index (χ0) is 15.0. The minimum absolute atomic E-state index is 0.0843. The molecule has 21 heavy (non-hydrogen) atoms. The quantitative estimate of drug-likeness (QED) is 0.873. The first-order valence-corrected chi connectivity index (χ1v) is 7.31. The average Bonchev–Trinajstić information content (AvgIpc) is 2.82. The lowest BCUT2D eigenvalue weighted by atomic mass is 9.72. The van der Waals surface area contributed by atoms with E-state index in [1.807, 2.05) is 0 Å². The average molecular weight is 291 g/mol. The SMILES string of the molecule is CC1(c2[nH]nc(N)c2-c2ccc(F)cc2F)CCCCC1. The van der Waals surface area contributed by atoms with E-state index in [0.717, 1.165) is 37.4 Å². The van der Waals surface area contributed by atoms with E-state index in [1.165, 1.54) is 18.6 Å². The number of anilines is 1. The highest BCUT2D eigenvalue weighted by Gasteiger charge is 2.34. The molecule has 112 valence electrons. The molecule has 3 rings (SSSR count). The molecule has 2 aromatic rings. The molecule has 0 saturated heterocycles. The van der Waals surface area contributed by atoms with Crippen LogP contribution in [0.1, 0.15) is 44.7 Å². The van der Waals surface area contributed by atoms with Crippen molar-refractivity contribution in [2.24, 2.45) is 0 Å². The minimum atomic E-state index is -0.608. The Morgan fingerprint density at radius 3 is 2.57 bits per heavy atom. The van der Waals surface area contributed by atoms with Crippen molar-refractivity contribution in [2.45, 2.75) is 44.4 Å². The van der Waals surface area contributed by atoms with E-state index < -0.39 is 11.6 Å². The number of nitrogens with one attached hydrogen (secondary N) is 1. The summed E-state index contributed by atoms with van der Waals surface area (Å²) >= 11 is 0. The Morgan fingerprint density at radius 1 is 1.19 bits per heavy atom. The zero-order valence-electron chi connectivity index (χ0n) is 12.0. The predicted octanol–water partition coefficient (Wildman–Crippen LogP) is 4.16. The van der Waals surface area contributed by atoms with Gasteiger partial charge in [-0.2, -0.15) is 5.10 Å². The number of halogens is 2. The van der Waals surface area contributed by atoms with Crippen molar-refractivity contribution in [3.05, 3.63) is 35.5 Å². The summed E-state index contributed by atoms with van der Waals surface area (Å²) in [6.07, 6.45) is 5.54. The third-order valence-electron chi connectivity index (χ3n) is 4.56. The standard InChI is InChI=1S/C16H19F2N3/c1-16(7-3-2-4-8-16)14-13(15(19)21-20-14)11-6-5-10(17)9-12(11)18/h5-6,9H,2-4,7-8H2,1H3,(H3,19,20,21). The summed E-state index contributed by atoms with van der Waals surface area (Å²) in [6, 6.07) is 3.56. The van der Waals surface area contributed by atoms with E-state index in [1.54, 1.807) is 0 Å². The molecular weight excluding hydrogens is 272 g/mol. The second kappa shape index (κ2) is 5.13. The molecule has 1 aliphatic rings. The highest BCUT2D eigenvalue weighted by molar-refractivity contribution is 5.77. The second-order valence-corrected chi connectivity index (χ2v) is 6.10. The van der Waals surface area contributed by atoms with Gasteiger partial charge in [-0.15, -0.1) is 0 Å². The topological polar surface area (TPSA) is 54.7 Å². The van der Waals surface area contributed by atoms with Gasteiger partial charge in [0.1, 0.15) is 11.6 Å². The van der Waals surface area contributed by atoms with Gasteiger partial charge in [0.2, 0.25) is 0 Å². The summed E-state index contributed by atoms with van der Waals surface area (Å²) in [5.74, 6) is -0.935. The van der Waals surface area contributed by atoms with Gasteiger partial charge in [0, 0.05) is 17.0 Å². The molecule has 3 N–H and O–H groups in total. The van der Waals surface area contributed by atoms with Crippen LogP contribution < -0.4 is 5.73 Å². The number of nitrogens with zero attached hydrogens (tertiary/aromatic N) is 1. The number of H-pyrrole nitrogens is 1. The van der Waals surface area contributed by atoms with Crippen LogP contribution in [0.25, 0.3) is 11.1 Å². The fraction of sp³-hybridized carbons (Fsp3) is 0.438. The Kier molecular flexibility index (Phi) is 3.43. The minimum Gasteiger partial charge on any atom is -0.382 e. The van der Waals surface area contributed by atoms with Gasteiger partial charge in [0.25, 0.3) is 0 Å². The van der Waals surface area contributed by atoms with Crippen molar-refractivity contribution < 1.29 is 8.78 Å². The molecule has 0 aliphatic heterocycles. The fourth-order valence-electron chi connectivity index (χ4n) is 3.34. The molecule has 1 heterocycles. The lowest BCUT2D eigenvalue weighted by molar-refractivity contribution is 0.312. The number of hydrogen-bond donors (Lipinski definition) is 2. The number of aromatic nitrogens is 2. The van der Waals surface area contributed by atoms with Crippen LogP contribution in [-0.4, -0.2) is 10.2 Å². The van der Waals surface area contributed by atoms with Gasteiger partial charge in [0.05, 0.1) is 11.3 Å². The number of nitrogen functional groups attached to an aromatic ring is 1. The third-order valence-corrected chi connectivity index (χ3v) is 4.56. The molecule has 0 radical (unpaired) electrons. The van der Waals surface area contributed by atoms with Gasteiger partial charge < -0.3 is 5.73 Å². The van der Waals surface area contributed by atoms with E-state index in [4.69, 9.17) is 5.73 Å². The molecule has 0 unspecified atom stereocenters. The molecule has 1 fully saturated rings. The summed E-state index contributed by atoms with van der Waals surface area (Å²) in [6.45, 7) is 2.16. The molecule has 0 bridgehead atoms. The van der Waals surface area contributed by atoms with Crippen molar-refractivity contribution in [3.8, 4) is 11.1 Å². The van der Waals surface area contributed by atoms with Gasteiger partial charge in [-0.3, -0.25) is 5.10 Å². The Morgan fingerprint density at radius 2 is 1.90 bits per heavy atom. The van der Waals surface area contributed by atoms with E-state index in [9.17, 15) is 8.78 Å². The molecule has 1 saturated carbocycles. The van der Waals surface area contributed by atoms with Crippen molar-refractivity contribution in [1.29, 1.82) is 0 Å². The fourth-order valence-corrected chi connectivity index (χ4v) is 3.34. The number of aromatic amines is 1. The molecular formula is C16H19F2N3. The molecule has 0 amide bonds. The first-order chi connectivity index (χ1) is 10.0. The normalized spacial score (nSPS) is 17.9. The van der Waals surface area contributed by atoms with Crippen LogP contribution >= 0.6 is 0 Å². The molecule has 5 heteroatoms. The van der Waals surface area contributed by atoms with Crippen molar-refractivity contribution in [1.82, 2.24) is 10.2 Å². The lowest BCUT2D eigenvalue weighted by Crippen LogP contribution is -2.26. The summed E-state index contributed by atoms with van der Waals surface area (Å²) in [5, 5.41) is 7.06. The van der Waals surface area contributed by atoms with Crippen LogP contribution in [0, 0.1) is 11.6 Å².